The number of carbonyl (C=O) groups excluding carboxylic acids is 2. The van der Waals surface area contributed by atoms with E-state index < -0.39 is 10.0 Å². The maximum Gasteiger partial charge on any atom is 0.270 e. The lowest BCUT2D eigenvalue weighted by molar-refractivity contribution is -0.114. The molecule has 0 unspecified atom stereocenters. The second-order valence-electron chi connectivity index (χ2n) is 8.13. The molecule has 0 bridgehead atoms. The number of sulfonamides is 1. The van der Waals surface area contributed by atoms with Gasteiger partial charge in [0.05, 0.1) is 11.4 Å². The van der Waals surface area contributed by atoms with Crippen molar-refractivity contribution in [1.82, 2.24) is 14.6 Å². The second kappa shape index (κ2) is 10.8. The molecule has 0 fully saturated rings. The molecular formula is C21H30N4O4S2. The highest BCUT2D eigenvalue weighted by Crippen LogP contribution is 2.23. The van der Waals surface area contributed by atoms with Gasteiger partial charge >= 0.3 is 0 Å². The number of aromatic nitrogens is 1. The van der Waals surface area contributed by atoms with Crippen LogP contribution in [0.4, 0.5) is 5.69 Å². The molecule has 2 rings (SSSR count). The normalized spacial score (nSPS) is 11.9. The molecular weight excluding hydrogens is 436 g/mol. The highest BCUT2D eigenvalue weighted by molar-refractivity contribution is 7.89. The van der Waals surface area contributed by atoms with Crippen LogP contribution in [0.5, 0.6) is 0 Å². The summed E-state index contributed by atoms with van der Waals surface area (Å²) in [6.45, 7) is 10.2. The molecule has 0 aliphatic carbocycles. The van der Waals surface area contributed by atoms with Crippen molar-refractivity contribution in [2.45, 2.75) is 46.1 Å². The average Bonchev–Trinajstić information content (AvgIpc) is 3.14. The minimum absolute atomic E-state index is 0.0795. The largest absolute Gasteiger partial charge is 0.350 e. The molecule has 1 aromatic heterocycles. The van der Waals surface area contributed by atoms with E-state index in [1.165, 1.54) is 34.7 Å². The molecule has 0 radical (unpaired) electrons. The van der Waals surface area contributed by atoms with Crippen LogP contribution in [0.15, 0.2) is 34.5 Å². The Kier molecular flexibility index (Phi) is 8.72. The number of hydrogen-bond acceptors (Lipinski definition) is 6. The third-order valence-electron chi connectivity index (χ3n) is 4.15. The summed E-state index contributed by atoms with van der Waals surface area (Å²) in [7, 11) is -3.79. The van der Waals surface area contributed by atoms with E-state index in [0.717, 1.165) is 0 Å². The number of hydrogen-bond donors (Lipinski definition) is 2. The van der Waals surface area contributed by atoms with Crippen LogP contribution >= 0.6 is 11.3 Å². The topological polar surface area (TPSA) is 108 Å². The zero-order valence-electron chi connectivity index (χ0n) is 18.5. The number of anilines is 1. The Morgan fingerprint density at radius 1 is 1.10 bits per heavy atom. The predicted octanol–water partition coefficient (Wildman–Crippen LogP) is 3.33. The van der Waals surface area contributed by atoms with Gasteiger partial charge in [0.2, 0.25) is 15.9 Å². The van der Waals surface area contributed by atoms with Gasteiger partial charge in [0.15, 0.2) is 0 Å². The summed E-state index contributed by atoms with van der Waals surface area (Å²) in [5, 5.41) is 7.63. The van der Waals surface area contributed by atoms with E-state index in [2.05, 4.69) is 15.6 Å². The Morgan fingerprint density at radius 2 is 1.74 bits per heavy atom. The maximum absolute atomic E-state index is 13.3. The summed E-state index contributed by atoms with van der Waals surface area (Å²) >= 11 is 1.26. The highest BCUT2D eigenvalue weighted by Gasteiger charge is 2.27. The zero-order valence-corrected chi connectivity index (χ0v) is 20.1. The van der Waals surface area contributed by atoms with Gasteiger partial charge in [0.25, 0.3) is 5.91 Å². The van der Waals surface area contributed by atoms with Crippen molar-refractivity contribution in [2.75, 3.05) is 18.4 Å². The fraction of sp³-hybridized carbons (Fsp3) is 0.476. The maximum atomic E-state index is 13.3. The lowest BCUT2D eigenvalue weighted by atomic mass is 10.2. The number of nitrogens with one attached hydrogen (secondary N) is 2. The van der Waals surface area contributed by atoms with Crippen molar-refractivity contribution in [3.63, 3.8) is 0 Å². The second-order valence-corrected chi connectivity index (χ2v) is 11.0. The van der Waals surface area contributed by atoms with Crippen LogP contribution in [0.2, 0.25) is 0 Å². The molecule has 170 valence electrons. The SMILES string of the molecule is CC(=O)Nc1ccc(S(=O)(=O)N(Cc2nc(C(=O)NCC(C)C)cs2)CC(C)C)cc1. The summed E-state index contributed by atoms with van der Waals surface area (Å²) < 4.78 is 27.9. The van der Waals surface area contributed by atoms with E-state index in [1.807, 2.05) is 27.7 Å². The van der Waals surface area contributed by atoms with E-state index in [-0.39, 0.29) is 29.2 Å². The van der Waals surface area contributed by atoms with Gasteiger partial charge in [-0.25, -0.2) is 13.4 Å². The smallest absolute Gasteiger partial charge is 0.270 e. The van der Waals surface area contributed by atoms with E-state index in [0.29, 0.717) is 35.4 Å². The van der Waals surface area contributed by atoms with Crippen molar-refractivity contribution in [1.29, 1.82) is 0 Å². The first-order valence-corrected chi connectivity index (χ1v) is 12.4. The summed E-state index contributed by atoms with van der Waals surface area (Å²) in [4.78, 5) is 27.9. The molecule has 8 nitrogen and oxygen atoms in total. The van der Waals surface area contributed by atoms with E-state index in [4.69, 9.17) is 0 Å². The third kappa shape index (κ3) is 7.41. The van der Waals surface area contributed by atoms with E-state index in [9.17, 15) is 18.0 Å². The molecule has 2 N–H and O–H groups in total. The summed E-state index contributed by atoms with van der Waals surface area (Å²) in [5.41, 5.74) is 0.820. The molecule has 0 spiro atoms. The van der Waals surface area contributed by atoms with Crippen LogP contribution in [0.25, 0.3) is 0 Å². The number of amides is 2. The van der Waals surface area contributed by atoms with Crippen LogP contribution in [0, 0.1) is 11.8 Å². The van der Waals surface area contributed by atoms with Crippen LogP contribution in [-0.4, -0.2) is 42.6 Å². The average molecular weight is 467 g/mol. The zero-order chi connectivity index (χ0) is 23.2. The molecule has 31 heavy (non-hydrogen) atoms. The Balaban J connectivity index is 2.21. The van der Waals surface area contributed by atoms with Crippen molar-refractivity contribution >= 4 is 38.9 Å². The number of carbonyl (C=O) groups is 2. The third-order valence-corrected chi connectivity index (χ3v) is 6.81. The number of thiazole rings is 1. The van der Waals surface area contributed by atoms with E-state index >= 15 is 0 Å². The fourth-order valence-electron chi connectivity index (χ4n) is 2.74. The van der Waals surface area contributed by atoms with Crippen molar-refractivity contribution in [3.05, 3.63) is 40.3 Å². The first kappa shape index (κ1) is 25.0. The van der Waals surface area contributed by atoms with Gasteiger partial charge in [-0.3, -0.25) is 9.59 Å². The van der Waals surface area contributed by atoms with Gasteiger partial charge in [-0.05, 0) is 36.1 Å². The highest BCUT2D eigenvalue weighted by atomic mass is 32.2. The van der Waals surface area contributed by atoms with Crippen LogP contribution in [-0.2, 0) is 21.4 Å². The van der Waals surface area contributed by atoms with Crippen molar-refractivity contribution in [3.8, 4) is 0 Å². The number of nitrogens with zero attached hydrogens (tertiary/aromatic N) is 2. The van der Waals surface area contributed by atoms with Gasteiger partial charge in [0.1, 0.15) is 10.7 Å². The fourth-order valence-corrected chi connectivity index (χ4v) is 5.18. The lowest BCUT2D eigenvalue weighted by Crippen LogP contribution is -2.34. The quantitative estimate of drug-likeness (QED) is 0.558. The predicted molar refractivity (Wildman–Crippen MR) is 122 cm³/mol. The summed E-state index contributed by atoms with van der Waals surface area (Å²) in [6.07, 6.45) is 0. The Bertz CT molecular complexity index is 999. The van der Waals surface area contributed by atoms with Gasteiger partial charge in [-0.2, -0.15) is 4.31 Å². The molecule has 0 atom stereocenters. The van der Waals surface area contributed by atoms with E-state index in [1.54, 1.807) is 17.5 Å². The molecule has 0 saturated heterocycles. The molecule has 1 aromatic carbocycles. The molecule has 1 heterocycles. The Morgan fingerprint density at radius 3 is 2.29 bits per heavy atom. The first-order chi connectivity index (χ1) is 14.5. The van der Waals surface area contributed by atoms with Crippen LogP contribution in [0.1, 0.15) is 50.1 Å². The minimum atomic E-state index is -3.79. The number of benzene rings is 1. The molecule has 2 aromatic rings. The van der Waals surface area contributed by atoms with Crippen LogP contribution < -0.4 is 10.6 Å². The van der Waals surface area contributed by atoms with Gasteiger partial charge in [0, 0.05) is 31.1 Å². The Labute approximate surface area is 188 Å². The molecule has 10 heteroatoms. The monoisotopic (exact) mass is 466 g/mol. The number of rotatable bonds is 10. The molecule has 0 saturated carbocycles. The van der Waals surface area contributed by atoms with Crippen molar-refractivity contribution in [2.24, 2.45) is 11.8 Å². The lowest BCUT2D eigenvalue weighted by Gasteiger charge is -2.23. The van der Waals surface area contributed by atoms with Gasteiger partial charge in [-0.15, -0.1) is 11.3 Å². The molecule has 0 aliphatic rings. The minimum Gasteiger partial charge on any atom is -0.350 e. The molecule has 2 amide bonds. The van der Waals surface area contributed by atoms with Crippen LogP contribution in [0.3, 0.4) is 0 Å². The summed E-state index contributed by atoms with van der Waals surface area (Å²) in [6, 6.07) is 6.06. The van der Waals surface area contributed by atoms with Gasteiger partial charge < -0.3 is 10.6 Å². The molecule has 0 aliphatic heterocycles. The standard InChI is InChI=1S/C21H30N4O4S2/c1-14(2)10-22-21(27)19-13-30-20(24-19)12-25(11-15(3)4)31(28,29)18-8-6-17(7-9-18)23-16(5)26/h6-9,13-15H,10-12H2,1-5H3,(H,22,27)(H,23,26). The van der Waals surface area contributed by atoms with Crippen molar-refractivity contribution < 1.29 is 18.0 Å². The summed E-state index contributed by atoms with van der Waals surface area (Å²) in [5.74, 6) is -0.0648. The first-order valence-electron chi connectivity index (χ1n) is 10.1. The Hall–Kier alpha value is -2.30. The van der Waals surface area contributed by atoms with Gasteiger partial charge in [-0.1, -0.05) is 27.7 Å².